The first-order chi connectivity index (χ1) is 15.0. The van der Waals surface area contributed by atoms with E-state index in [1.165, 1.54) is 22.9 Å². The highest BCUT2D eigenvalue weighted by Gasteiger charge is 2.28. The number of piperazine rings is 1. The molecular formula is C23H26FN5O2. The molecule has 8 heteroatoms. The summed E-state index contributed by atoms with van der Waals surface area (Å²) in [5, 5.41) is 0. The molecule has 7 nitrogen and oxygen atoms in total. The van der Waals surface area contributed by atoms with Crippen LogP contribution >= 0.6 is 0 Å². The Morgan fingerprint density at radius 3 is 2.65 bits per heavy atom. The Morgan fingerprint density at radius 2 is 1.97 bits per heavy atom. The van der Waals surface area contributed by atoms with Gasteiger partial charge in [-0.05, 0) is 36.8 Å². The fourth-order valence-electron chi connectivity index (χ4n) is 4.03. The molecule has 0 saturated carbocycles. The predicted octanol–water partition coefficient (Wildman–Crippen LogP) is 3.10. The minimum absolute atomic E-state index is 0.221. The van der Waals surface area contributed by atoms with Gasteiger partial charge in [-0.2, -0.15) is 0 Å². The van der Waals surface area contributed by atoms with Crippen LogP contribution in [0.5, 0.6) is 5.75 Å². The van der Waals surface area contributed by atoms with Gasteiger partial charge in [-0.15, -0.1) is 0 Å². The number of halogens is 1. The van der Waals surface area contributed by atoms with E-state index in [4.69, 9.17) is 4.74 Å². The molecule has 3 heterocycles. The van der Waals surface area contributed by atoms with Crippen LogP contribution in [0.25, 0.3) is 11.3 Å². The summed E-state index contributed by atoms with van der Waals surface area (Å²) in [6.07, 6.45) is 3.57. The van der Waals surface area contributed by atoms with E-state index in [2.05, 4.69) is 38.8 Å². The van der Waals surface area contributed by atoms with Crippen LogP contribution in [0.3, 0.4) is 0 Å². The van der Waals surface area contributed by atoms with E-state index < -0.39 is 5.82 Å². The second kappa shape index (κ2) is 8.75. The van der Waals surface area contributed by atoms with Gasteiger partial charge in [0.1, 0.15) is 5.75 Å². The second-order valence-electron chi connectivity index (χ2n) is 7.59. The predicted molar refractivity (Wildman–Crippen MR) is 119 cm³/mol. The number of aromatic nitrogens is 3. The molecule has 0 aliphatic carbocycles. The molecule has 0 N–H and O–H groups in total. The average molecular weight is 423 g/mol. The van der Waals surface area contributed by atoms with Crippen molar-refractivity contribution < 1.29 is 9.13 Å². The molecule has 31 heavy (non-hydrogen) atoms. The average Bonchev–Trinajstić information content (AvgIpc) is 2.81. The zero-order valence-corrected chi connectivity index (χ0v) is 18.0. The first-order valence-corrected chi connectivity index (χ1v) is 10.4. The van der Waals surface area contributed by atoms with Gasteiger partial charge in [-0.3, -0.25) is 14.3 Å². The Hall–Kier alpha value is -3.42. The number of methoxy groups -OCH3 is 1. The second-order valence-corrected chi connectivity index (χ2v) is 7.59. The Bertz CT molecular complexity index is 1120. The molecule has 0 radical (unpaired) electrons. The lowest BCUT2D eigenvalue weighted by Gasteiger charge is -2.43. The van der Waals surface area contributed by atoms with E-state index in [0.29, 0.717) is 24.7 Å². The third kappa shape index (κ3) is 4.10. The van der Waals surface area contributed by atoms with Gasteiger partial charge in [0.05, 0.1) is 19.0 Å². The Labute approximate surface area is 180 Å². The molecule has 3 aromatic rings. The summed E-state index contributed by atoms with van der Waals surface area (Å²) < 4.78 is 21.0. The van der Waals surface area contributed by atoms with Gasteiger partial charge < -0.3 is 14.5 Å². The summed E-state index contributed by atoms with van der Waals surface area (Å²) in [5.74, 6) is 0.881. The van der Waals surface area contributed by atoms with E-state index in [9.17, 15) is 9.18 Å². The highest BCUT2D eigenvalue weighted by molar-refractivity contribution is 5.61. The van der Waals surface area contributed by atoms with Crippen molar-refractivity contribution in [1.29, 1.82) is 0 Å². The van der Waals surface area contributed by atoms with Crippen molar-refractivity contribution in [3.05, 3.63) is 65.0 Å². The lowest BCUT2D eigenvalue weighted by molar-refractivity contribution is 0.414. The van der Waals surface area contributed by atoms with Crippen LogP contribution in [-0.4, -0.2) is 47.3 Å². The number of anilines is 2. The van der Waals surface area contributed by atoms with Crippen molar-refractivity contribution in [1.82, 2.24) is 14.5 Å². The number of hydrogen-bond acceptors (Lipinski definition) is 6. The summed E-state index contributed by atoms with van der Waals surface area (Å²) in [6, 6.07) is 11.2. The maximum atomic E-state index is 14.3. The SMILES string of the molecule is CC[C@@H]1CN(c2nc(-c3ccncc3F)cc(=O)n2C)CCN1c1ccc(OC)cc1. The van der Waals surface area contributed by atoms with E-state index in [1.807, 2.05) is 12.1 Å². The van der Waals surface area contributed by atoms with Crippen LogP contribution in [0, 0.1) is 5.82 Å². The molecule has 162 valence electrons. The summed E-state index contributed by atoms with van der Waals surface area (Å²) in [7, 11) is 3.36. The molecule has 1 aromatic carbocycles. The molecule has 1 aliphatic heterocycles. The molecule has 1 atom stereocenters. The van der Waals surface area contributed by atoms with Crippen LogP contribution in [0.2, 0.25) is 0 Å². The standard InChI is InChI=1S/C23H26FN5O2/c1-4-16-15-28(11-12-29(16)17-5-7-18(31-3)8-6-17)23-26-21(13-22(30)27(23)2)19-9-10-25-14-20(19)24/h5-10,13-14,16H,4,11-12,15H2,1-3H3/t16-/m1/s1. The maximum Gasteiger partial charge on any atom is 0.255 e. The summed E-state index contributed by atoms with van der Waals surface area (Å²) in [6.45, 7) is 4.35. The van der Waals surface area contributed by atoms with Gasteiger partial charge in [-0.1, -0.05) is 6.92 Å². The molecule has 0 spiro atoms. The monoisotopic (exact) mass is 423 g/mol. The Morgan fingerprint density at radius 1 is 1.19 bits per heavy atom. The zero-order valence-electron chi connectivity index (χ0n) is 18.0. The number of hydrogen-bond donors (Lipinski definition) is 0. The molecule has 1 saturated heterocycles. The maximum absolute atomic E-state index is 14.3. The van der Waals surface area contributed by atoms with Gasteiger partial charge in [0.15, 0.2) is 5.82 Å². The fraction of sp³-hybridized carbons (Fsp3) is 0.348. The Kier molecular flexibility index (Phi) is 5.88. The highest BCUT2D eigenvalue weighted by Crippen LogP contribution is 2.27. The number of ether oxygens (including phenoxy) is 1. The molecule has 1 aliphatic rings. The lowest BCUT2D eigenvalue weighted by Crippen LogP contribution is -2.54. The van der Waals surface area contributed by atoms with E-state index in [1.54, 1.807) is 14.2 Å². The number of benzene rings is 1. The first kappa shape index (κ1) is 20.8. The van der Waals surface area contributed by atoms with Crippen molar-refractivity contribution in [2.24, 2.45) is 7.05 Å². The molecule has 0 amide bonds. The van der Waals surface area contributed by atoms with Gasteiger partial charge in [0, 0.05) is 56.2 Å². The first-order valence-electron chi connectivity index (χ1n) is 10.4. The third-order valence-electron chi connectivity index (χ3n) is 5.80. The molecule has 4 rings (SSSR count). The van der Waals surface area contributed by atoms with Crippen LogP contribution in [0.4, 0.5) is 16.0 Å². The normalized spacial score (nSPS) is 16.5. The van der Waals surface area contributed by atoms with Gasteiger partial charge in [0.2, 0.25) is 5.95 Å². The fourth-order valence-corrected chi connectivity index (χ4v) is 4.03. The topological polar surface area (TPSA) is 63.5 Å². The van der Waals surface area contributed by atoms with Crippen LogP contribution in [0.15, 0.2) is 53.6 Å². The number of rotatable bonds is 5. The quantitative estimate of drug-likeness (QED) is 0.629. The van der Waals surface area contributed by atoms with Crippen molar-refractivity contribution in [2.75, 3.05) is 36.5 Å². The summed E-state index contributed by atoms with van der Waals surface area (Å²) in [4.78, 5) is 25.6. The van der Waals surface area contributed by atoms with Crippen molar-refractivity contribution in [2.45, 2.75) is 19.4 Å². The number of pyridine rings is 1. The van der Waals surface area contributed by atoms with Crippen LogP contribution in [0.1, 0.15) is 13.3 Å². The summed E-state index contributed by atoms with van der Waals surface area (Å²) >= 11 is 0. The van der Waals surface area contributed by atoms with Gasteiger partial charge in [0.25, 0.3) is 5.56 Å². The van der Waals surface area contributed by atoms with E-state index in [-0.39, 0.29) is 17.2 Å². The van der Waals surface area contributed by atoms with E-state index >= 15 is 0 Å². The zero-order chi connectivity index (χ0) is 22.0. The van der Waals surface area contributed by atoms with Crippen LogP contribution < -0.4 is 20.1 Å². The molecule has 2 aromatic heterocycles. The lowest BCUT2D eigenvalue weighted by atomic mass is 10.1. The molecule has 0 bridgehead atoms. The summed E-state index contributed by atoms with van der Waals surface area (Å²) in [5.41, 5.74) is 1.52. The van der Waals surface area contributed by atoms with Crippen molar-refractivity contribution in [3.63, 3.8) is 0 Å². The third-order valence-corrected chi connectivity index (χ3v) is 5.80. The largest absolute Gasteiger partial charge is 0.497 e. The van der Waals surface area contributed by atoms with Gasteiger partial charge in [-0.25, -0.2) is 9.37 Å². The highest BCUT2D eigenvalue weighted by atomic mass is 19.1. The molecular weight excluding hydrogens is 397 g/mol. The van der Waals surface area contributed by atoms with Crippen LogP contribution in [-0.2, 0) is 7.05 Å². The molecule has 1 fully saturated rings. The molecule has 0 unspecified atom stereocenters. The smallest absolute Gasteiger partial charge is 0.255 e. The van der Waals surface area contributed by atoms with Crippen molar-refractivity contribution in [3.8, 4) is 17.0 Å². The van der Waals surface area contributed by atoms with Gasteiger partial charge >= 0.3 is 0 Å². The minimum Gasteiger partial charge on any atom is -0.497 e. The Balaban J connectivity index is 1.63. The van der Waals surface area contributed by atoms with E-state index in [0.717, 1.165) is 30.6 Å². The van der Waals surface area contributed by atoms with Crippen molar-refractivity contribution >= 4 is 11.6 Å². The number of nitrogens with zero attached hydrogens (tertiary/aromatic N) is 5. The minimum atomic E-state index is -0.495.